The van der Waals surface area contributed by atoms with Gasteiger partial charge in [0.15, 0.2) is 5.75 Å². The third kappa shape index (κ3) is 5.35. The molecule has 0 saturated heterocycles. The molecule has 1 aromatic rings. The van der Waals surface area contributed by atoms with Gasteiger partial charge in [0, 0.05) is 31.4 Å². The lowest BCUT2D eigenvalue weighted by molar-refractivity contribution is 0.304. The highest BCUT2D eigenvalue weighted by Gasteiger charge is 2.08. The molecule has 0 aliphatic heterocycles. The van der Waals surface area contributed by atoms with E-state index in [0.717, 1.165) is 44.7 Å². The Kier molecular flexibility index (Phi) is 6.75. The molecule has 1 aromatic heterocycles. The molecule has 1 rings (SSSR count). The number of nitrogens with zero attached hydrogens (tertiary/aromatic N) is 3. The summed E-state index contributed by atoms with van der Waals surface area (Å²) < 4.78 is 1.97. The van der Waals surface area contributed by atoms with E-state index < -0.39 is 0 Å². The van der Waals surface area contributed by atoms with Crippen molar-refractivity contribution >= 4 is 0 Å². The highest BCUT2D eigenvalue weighted by Crippen LogP contribution is 2.08. The summed E-state index contributed by atoms with van der Waals surface area (Å²) in [4.78, 5) is 15.9. The van der Waals surface area contributed by atoms with Gasteiger partial charge in [0.25, 0.3) is 0 Å². The predicted octanol–water partition coefficient (Wildman–Crippen LogP) is 1.35. The average molecular weight is 281 g/mol. The Bertz CT molecular complexity index is 469. The van der Waals surface area contributed by atoms with Crippen molar-refractivity contribution in [2.24, 2.45) is 0 Å². The zero-order chi connectivity index (χ0) is 15.1. The van der Waals surface area contributed by atoms with Gasteiger partial charge < -0.3 is 19.5 Å². The lowest BCUT2D eigenvalue weighted by Crippen LogP contribution is -2.26. The Morgan fingerprint density at radius 1 is 1.25 bits per heavy atom. The summed E-state index contributed by atoms with van der Waals surface area (Å²) in [5, 5.41) is 9.60. The molecule has 114 valence electrons. The van der Waals surface area contributed by atoms with Gasteiger partial charge in [0.05, 0.1) is 6.20 Å². The monoisotopic (exact) mass is 281 g/mol. The summed E-state index contributed by atoms with van der Waals surface area (Å²) >= 11 is 0. The van der Waals surface area contributed by atoms with E-state index >= 15 is 0 Å². The van der Waals surface area contributed by atoms with Crippen LogP contribution >= 0.6 is 0 Å². The van der Waals surface area contributed by atoms with Crippen molar-refractivity contribution in [1.82, 2.24) is 14.4 Å². The number of aromatic hydroxyl groups is 1. The molecule has 0 unspecified atom stereocenters. The molecule has 0 amide bonds. The first-order valence-electron chi connectivity index (χ1n) is 7.19. The molecule has 0 saturated carbocycles. The average Bonchev–Trinajstić information content (AvgIpc) is 2.38. The van der Waals surface area contributed by atoms with E-state index in [1.165, 1.54) is 0 Å². The van der Waals surface area contributed by atoms with Crippen molar-refractivity contribution in [3.8, 4) is 5.75 Å². The van der Waals surface area contributed by atoms with Gasteiger partial charge in [-0.3, -0.25) is 4.79 Å². The molecule has 0 aliphatic rings. The molecule has 5 nitrogen and oxygen atoms in total. The highest BCUT2D eigenvalue weighted by atomic mass is 16.3. The summed E-state index contributed by atoms with van der Waals surface area (Å²) in [6.45, 7) is 5.54. The molecule has 1 N–H and O–H groups in total. The maximum atomic E-state index is 11.6. The summed E-state index contributed by atoms with van der Waals surface area (Å²) in [6.07, 6.45) is 3.86. The predicted molar refractivity (Wildman–Crippen MR) is 82.2 cm³/mol. The SMILES string of the molecule is CCCCN(C)Cc1cc(=O)c(O)cn1CCN(C)C. The molecule has 0 aliphatic carbocycles. The van der Waals surface area contributed by atoms with Crippen LogP contribution in [-0.4, -0.2) is 53.7 Å². The van der Waals surface area contributed by atoms with E-state index in [4.69, 9.17) is 0 Å². The quantitative estimate of drug-likeness (QED) is 0.781. The normalized spacial score (nSPS) is 11.5. The minimum atomic E-state index is -0.301. The number of aromatic nitrogens is 1. The topological polar surface area (TPSA) is 48.7 Å². The number of hydrogen-bond donors (Lipinski definition) is 1. The number of unbranched alkanes of at least 4 members (excludes halogenated alkanes) is 1. The fourth-order valence-electron chi connectivity index (χ4n) is 2.04. The molecule has 0 bridgehead atoms. The van der Waals surface area contributed by atoms with E-state index in [9.17, 15) is 9.90 Å². The second-order valence-corrected chi connectivity index (χ2v) is 5.60. The molecule has 0 aromatic carbocycles. The van der Waals surface area contributed by atoms with Crippen LogP contribution in [0.1, 0.15) is 25.5 Å². The van der Waals surface area contributed by atoms with E-state index in [1.807, 2.05) is 18.7 Å². The van der Waals surface area contributed by atoms with Gasteiger partial charge in [0.2, 0.25) is 5.43 Å². The van der Waals surface area contributed by atoms with Crippen LogP contribution in [0.3, 0.4) is 0 Å². The zero-order valence-corrected chi connectivity index (χ0v) is 13.1. The number of pyridine rings is 1. The largest absolute Gasteiger partial charge is 0.503 e. The minimum absolute atomic E-state index is 0.177. The van der Waals surface area contributed by atoms with Gasteiger partial charge in [-0.05, 0) is 34.1 Å². The van der Waals surface area contributed by atoms with E-state index in [-0.39, 0.29) is 11.2 Å². The lowest BCUT2D eigenvalue weighted by atomic mass is 10.2. The second kappa shape index (κ2) is 8.07. The van der Waals surface area contributed by atoms with Gasteiger partial charge in [-0.2, -0.15) is 0 Å². The summed E-state index contributed by atoms with van der Waals surface area (Å²) in [5.41, 5.74) is 0.651. The number of hydrogen-bond acceptors (Lipinski definition) is 4. The van der Waals surface area contributed by atoms with Gasteiger partial charge >= 0.3 is 0 Å². The van der Waals surface area contributed by atoms with E-state index in [0.29, 0.717) is 0 Å². The highest BCUT2D eigenvalue weighted by molar-refractivity contribution is 5.20. The summed E-state index contributed by atoms with van der Waals surface area (Å²) in [7, 11) is 6.08. The molecule has 20 heavy (non-hydrogen) atoms. The molecule has 1 heterocycles. The van der Waals surface area contributed by atoms with Gasteiger partial charge in [-0.1, -0.05) is 13.3 Å². The Morgan fingerprint density at radius 2 is 1.95 bits per heavy atom. The van der Waals surface area contributed by atoms with Gasteiger partial charge in [0.1, 0.15) is 0 Å². The van der Waals surface area contributed by atoms with Crippen LogP contribution in [0, 0.1) is 0 Å². The molecular formula is C15H27N3O2. The molecular weight excluding hydrogens is 254 g/mol. The van der Waals surface area contributed by atoms with Crippen molar-refractivity contribution in [2.45, 2.75) is 32.9 Å². The first-order chi connectivity index (χ1) is 9.43. The molecule has 0 radical (unpaired) electrons. The van der Waals surface area contributed by atoms with Crippen molar-refractivity contribution in [2.75, 3.05) is 34.2 Å². The molecule has 5 heteroatoms. The van der Waals surface area contributed by atoms with Crippen LogP contribution < -0.4 is 5.43 Å². The first kappa shape index (κ1) is 16.7. The second-order valence-electron chi connectivity index (χ2n) is 5.60. The first-order valence-corrected chi connectivity index (χ1v) is 7.19. The standard InChI is InChI=1S/C15H27N3O2/c1-5-6-7-17(4)11-13-10-14(19)15(20)12-18(13)9-8-16(2)3/h10,12,20H,5-9,11H2,1-4H3. The molecule has 0 fully saturated rings. The van der Waals surface area contributed by atoms with Crippen molar-refractivity contribution in [1.29, 1.82) is 0 Å². The number of likely N-dealkylation sites (N-methyl/N-ethyl adjacent to an activating group) is 1. The lowest BCUT2D eigenvalue weighted by Gasteiger charge is -2.21. The van der Waals surface area contributed by atoms with Crippen LogP contribution in [-0.2, 0) is 13.1 Å². The smallest absolute Gasteiger partial charge is 0.223 e. The Labute approximate surface area is 121 Å². The fraction of sp³-hybridized carbons (Fsp3) is 0.667. The maximum Gasteiger partial charge on any atom is 0.223 e. The Balaban J connectivity index is 2.85. The van der Waals surface area contributed by atoms with Crippen molar-refractivity contribution in [3.63, 3.8) is 0 Å². The third-order valence-corrected chi connectivity index (χ3v) is 3.31. The molecule has 0 atom stereocenters. The van der Waals surface area contributed by atoms with Gasteiger partial charge in [-0.15, -0.1) is 0 Å². The fourth-order valence-corrected chi connectivity index (χ4v) is 2.04. The Morgan fingerprint density at radius 3 is 2.55 bits per heavy atom. The van der Waals surface area contributed by atoms with Crippen LogP contribution in [0.2, 0.25) is 0 Å². The summed E-state index contributed by atoms with van der Waals surface area (Å²) in [5.74, 6) is -0.177. The van der Waals surface area contributed by atoms with Crippen LogP contribution in [0.15, 0.2) is 17.1 Å². The molecule has 0 spiro atoms. The van der Waals surface area contributed by atoms with Crippen molar-refractivity contribution < 1.29 is 5.11 Å². The number of rotatable bonds is 8. The van der Waals surface area contributed by atoms with Crippen molar-refractivity contribution in [3.05, 3.63) is 28.2 Å². The van der Waals surface area contributed by atoms with E-state index in [2.05, 4.69) is 23.8 Å². The maximum absolute atomic E-state index is 11.6. The zero-order valence-electron chi connectivity index (χ0n) is 13.1. The van der Waals surface area contributed by atoms with Gasteiger partial charge in [-0.25, -0.2) is 0 Å². The third-order valence-electron chi connectivity index (χ3n) is 3.31. The van der Waals surface area contributed by atoms with Crippen LogP contribution in [0.5, 0.6) is 5.75 Å². The van der Waals surface area contributed by atoms with Crippen LogP contribution in [0.4, 0.5) is 0 Å². The summed E-state index contributed by atoms with van der Waals surface area (Å²) in [6, 6.07) is 1.55. The Hall–Kier alpha value is -1.33. The minimum Gasteiger partial charge on any atom is -0.503 e. The van der Waals surface area contributed by atoms with E-state index in [1.54, 1.807) is 12.3 Å². The van der Waals surface area contributed by atoms with Crippen LogP contribution in [0.25, 0.3) is 0 Å².